The summed E-state index contributed by atoms with van der Waals surface area (Å²) in [6.07, 6.45) is 1.37. The molecular formula is C13H11BrClN3O2. The summed E-state index contributed by atoms with van der Waals surface area (Å²) in [5.41, 5.74) is 6.17. The maximum Gasteiger partial charge on any atom is 0.250 e. The number of ether oxygens (including phenoxy) is 1. The smallest absolute Gasteiger partial charge is 0.250 e. The minimum absolute atomic E-state index is 0.258. The molecule has 1 amide bonds. The summed E-state index contributed by atoms with van der Waals surface area (Å²) in [6.45, 7) is 0. The van der Waals surface area contributed by atoms with Crippen molar-refractivity contribution in [3.8, 4) is 5.75 Å². The maximum atomic E-state index is 11.0. The van der Waals surface area contributed by atoms with E-state index in [9.17, 15) is 4.79 Å². The second-order valence-corrected chi connectivity index (χ2v) is 5.15. The summed E-state index contributed by atoms with van der Waals surface area (Å²) in [6, 6.07) is 6.94. The molecular weight excluding hydrogens is 346 g/mol. The predicted octanol–water partition coefficient (Wildman–Crippen LogP) is 3.35. The highest BCUT2D eigenvalue weighted by atomic mass is 79.9. The van der Waals surface area contributed by atoms with Gasteiger partial charge in [0.2, 0.25) is 5.91 Å². The van der Waals surface area contributed by atoms with Gasteiger partial charge in [-0.15, -0.1) is 0 Å². The fraction of sp³-hybridized carbons (Fsp3) is 0.0769. The van der Waals surface area contributed by atoms with E-state index in [1.165, 1.54) is 12.3 Å². The van der Waals surface area contributed by atoms with Crippen molar-refractivity contribution in [1.82, 2.24) is 4.98 Å². The Morgan fingerprint density at radius 2 is 2.20 bits per heavy atom. The SMILES string of the molecule is COc1cc(Nc2ncc(C(N)=O)cc2Cl)ccc1Br. The quantitative estimate of drug-likeness (QED) is 0.880. The molecule has 0 radical (unpaired) electrons. The molecule has 0 unspecified atom stereocenters. The summed E-state index contributed by atoms with van der Waals surface area (Å²) in [4.78, 5) is 15.1. The second kappa shape index (κ2) is 6.11. The van der Waals surface area contributed by atoms with Crippen LogP contribution in [0.2, 0.25) is 5.02 Å². The van der Waals surface area contributed by atoms with Crippen molar-refractivity contribution in [2.24, 2.45) is 5.73 Å². The van der Waals surface area contributed by atoms with E-state index in [0.717, 1.165) is 10.2 Å². The Balaban J connectivity index is 2.28. The fourth-order valence-electron chi connectivity index (χ4n) is 1.54. The van der Waals surface area contributed by atoms with Crippen molar-refractivity contribution >= 4 is 44.9 Å². The van der Waals surface area contributed by atoms with Crippen LogP contribution in [0.15, 0.2) is 34.9 Å². The Labute approximate surface area is 129 Å². The van der Waals surface area contributed by atoms with Crippen molar-refractivity contribution in [2.45, 2.75) is 0 Å². The van der Waals surface area contributed by atoms with Gasteiger partial charge in [-0.2, -0.15) is 0 Å². The molecule has 0 atom stereocenters. The van der Waals surface area contributed by atoms with E-state index >= 15 is 0 Å². The van der Waals surface area contributed by atoms with Gasteiger partial charge >= 0.3 is 0 Å². The molecule has 2 aromatic rings. The largest absolute Gasteiger partial charge is 0.495 e. The second-order valence-electron chi connectivity index (χ2n) is 3.89. The zero-order chi connectivity index (χ0) is 14.7. The normalized spacial score (nSPS) is 10.2. The first-order valence-corrected chi connectivity index (χ1v) is 6.74. The average molecular weight is 357 g/mol. The number of aromatic nitrogens is 1. The molecule has 0 aliphatic rings. The zero-order valence-electron chi connectivity index (χ0n) is 10.5. The van der Waals surface area contributed by atoms with Gasteiger partial charge in [0.05, 0.1) is 22.2 Å². The molecule has 0 spiro atoms. The third-order valence-corrected chi connectivity index (χ3v) is 3.48. The third kappa shape index (κ3) is 3.20. The van der Waals surface area contributed by atoms with Gasteiger partial charge in [0.25, 0.3) is 0 Å². The first-order chi connectivity index (χ1) is 9.51. The van der Waals surface area contributed by atoms with Crippen LogP contribution in [-0.2, 0) is 0 Å². The standard InChI is InChI=1S/C13H11BrClN3O2/c1-20-11-5-8(2-3-9(11)14)18-13-10(15)4-7(6-17-13)12(16)19/h2-6H,1H3,(H2,16,19)(H,17,18). The van der Waals surface area contributed by atoms with Crippen molar-refractivity contribution in [3.63, 3.8) is 0 Å². The number of benzene rings is 1. The van der Waals surface area contributed by atoms with Gasteiger partial charge in [-0.25, -0.2) is 4.98 Å². The lowest BCUT2D eigenvalue weighted by atomic mass is 10.2. The van der Waals surface area contributed by atoms with E-state index in [1.807, 2.05) is 12.1 Å². The van der Waals surface area contributed by atoms with Gasteiger partial charge in [0.15, 0.2) is 0 Å². The van der Waals surface area contributed by atoms with Crippen molar-refractivity contribution in [2.75, 3.05) is 12.4 Å². The number of carbonyl (C=O) groups excluding carboxylic acids is 1. The highest BCUT2D eigenvalue weighted by Crippen LogP contribution is 2.30. The number of hydrogen-bond acceptors (Lipinski definition) is 4. The molecule has 1 heterocycles. The van der Waals surface area contributed by atoms with Gasteiger partial charge in [-0.3, -0.25) is 4.79 Å². The minimum atomic E-state index is -0.573. The van der Waals surface area contributed by atoms with Gasteiger partial charge < -0.3 is 15.8 Å². The van der Waals surface area contributed by atoms with E-state index < -0.39 is 5.91 Å². The molecule has 104 valence electrons. The van der Waals surface area contributed by atoms with Crippen LogP contribution in [0.4, 0.5) is 11.5 Å². The van der Waals surface area contributed by atoms with Crippen LogP contribution in [-0.4, -0.2) is 18.0 Å². The molecule has 0 bridgehead atoms. The van der Waals surface area contributed by atoms with E-state index in [0.29, 0.717) is 16.6 Å². The molecule has 7 heteroatoms. The number of carbonyl (C=O) groups is 1. The molecule has 5 nitrogen and oxygen atoms in total. The minimum Gasteiger partial charge on any atom is -0.495 e. The molecule has 1 aromatic heterocycles. The third-order valence-electron chi connectivity index (χ3n) is 2.54. The Bertz CT molecular complexity index is 664. The Morgan fingerprint density at radius 1 is 1.45 bits per heavy atom. The molecule has 0 saturated heterocycles. The lowest BCUT2D eigenvalue weighted by Crippen LogP contribution is -2.11. The number of anilines is 2. The molecule has 2 rings (SSSR count). The zero-order valence-corrected chi connectivity index (χ0v) is 12.8. The summed E-state index contributed by atoms with van der Waals surface area (Å²) in [5, 5.41) is 3.35. The van der Waals surface area contributed by atoms with E-state index in [2.05, 4.69) is 26.2 Å². The van der Waals surface area contributed by atoms with E-state index in [1.54, 1.807) is 13.2 Å². The van der Waals surface area contributed by atoms with Crippen LogP contribution < -0.4 is 15.8 Å². The first-order valence-electron chi connectivity index (χ1n) is 5.57. The van der Waals surface area contributed by atoms with Crippen LogP contribution in [0.5, 0.6) is 5.75 Å². The summed E-state index contributed by atoms with van der Waals surface area (Å²) in [7, 11) is 1.58. The van der Waals surface area contributed by atoms with Crippen LogP contribution in [0.1, 0.15) is 10.4 Å². The molecule has 3 N–H and O–H groups in total. The van der Waals surface area contributed by atoms with Gasteiger partial charge in [-0.05, 0) is 34.1 Å². The summed E-state index contributed by atoms with van der Waals surface area (Å²) < 4.78 is 6.04. The van der Waals surface area contributed by atoms with Gasteiger partial charge in [-0.1, -0.05) is 11.6 Å². The lowest BCUT2D eigenvalue weighted by Gasteiger charge is -2.10. The number of nitrogens with zero attached hydrogens (tertiary/aromatic N) is 1. The molecule has 1 aromatic carbocycles. The molecule has 0 saturated carbocycles. The van der Waals surface area contributed by atoms with E-state index in [-0.39, 0.29) is 5.56 Å². The highest BCUT2D eigenvalue weighted by molar-refractivity contribution is 9.10. The number of methoxy groups -OCH3 is 1. The lowest BCUT2D eigenvalue weighted by molar-refractivity contribution is 0.1000. The topological polar surface area (TPSA) is 77.2 Å². The number of primary amides is 1. The predicted molar refractivity (Wildman–Crippen MR) is 81.7 cm³/mol. The Hall–Kier alpha value is -1.79. The number of nitrogens with one attached hydrogen (secondary N) is 1. The average Bonchev–Trinajstić information content (AvgIpc) is 2.42. The number of hydrogen-bond donors (Lipinski definition) is 2. The van der Waals surface area contributed by atoms with Crippen molar-refractivity contribution in [1.29, 1.82) is 0 Å². The van der Waals surface area contributed by atoms with E-state index in [4.69, 9.17) is 22.1 Å². The molecule has 20 heavy (non-hydrogen) atoms. The summed E-state index contributed by atoms with van der Waals surface area (Å²) in [5.74, 6) is 0.539. The fourth-order valence-corrected chi connectivity index (χ4v) is 2.16. The van der Waals surface area contributed by atoms with Gasteiger partial charge in [0, 0.05) is 18.0 Å². The molecule has 0 aliphatic heterocycles. The van der Waals surface area contributed by atoms with Crippen LogP contribution >= 0.6 is 27.5 Å². The number of halogens is 2. The van der Waals surface area contributed by atoms with Gasteiger partial charge in [0.1, 0.15) is 11.6 Å². The number of nitrogens with two attached hydrogens (primary N) is 1. The number of pyridine rings is 1. The van der Waals surface area contributed by atoms with Crippen LogP contribution in [0.25, 0.3) is 0 Å². The maximum absolute atomic E-state index is 11.0. The van der Waals surface area contributed by atoms with Crippen LogP contribution in [0.3, 0.4) is 0 Å². The Morgan fingerprint density at radius 3 is 2.80 bits per heavy atom. The van der Waals surface area contributed by atoms with Crippen molar-refractivity contribution in [3.05, 3.63) is 45.5 Å². The number of rotatable bonds is 4. The molecule has 0 fully saturated rings. The first kappa shape index (κ1) is 14.6. The summed E-state index contributed by atoms with van der Waals surface area (Å²) >= 11 is 9.43. The number of amides is 1. The van der Waals surface area contributed by atoms with Crippen LogP contribution in [0, 0.1) is 0 Å². The monoisotopic (exact) mass is 355 g/mol. The Kier molecular flexibility index (Phi) is 4.46. The highest BCUT2D eigenvalue weighted by Gasteiger charge is 2.08. The molecule has 0 aliphatic carbocycles. The van der Waals surface area contributed by atoms with Crippen molar-refractivity contribution < 1.29 is 9.53 Å².